The zero-order chi connectivity index (χ0) is 13.9. The Kier molecular flexibility index (Phi) is 4.24. The Bertz CT molecular complexity index is 650. The second-order valence-corrected chi connectivity index (χ2v) is 6.12. The second-order valence-electron chi connectivity index (χ2n) is 3.92. The lowest BCUT2D eigenvalue weighted by Crippen LogP contribution is -2.24. The fourth-order valence-corrected chi connectivity index (χ4v) is 2.79. The molecule has 0 aliphatic carbocycles. The summed E-state index contributed by atoms with van der Waals surface area (Å²) < 4.78 is 28.4. The topological polar surface area (TPSA) is 64.0 Å². The van der Waals surface area contributed by atoms with E-state index < -0.39 is 10.0 Å². The van der Waals surface area contributed by atoms with Gasteiger partial charge in [0.05, 0.1) is 17.1 Å². The van der Waals surface area contributed by atoms with Gasteiger partial charge < -0.3 is 0 Å². The average molecular weight is 300 g/mol. The molecule has 1 heterocycles. The number of hydrogen-bond acceptors (Lipinski definition) is 3. The Balaban J connectivity index is 2.12. The van der Waals surface area contributed by atoms with Crippen molar-refractivity contribution in [3.63, 3.8) is 0 Å². The Hall–Kier alpha value is -1.37. The van der Waals surface area contributed by atoms with E-state index in [-0.39, 0.29) is 11.4 Å². The smallest absolute Gasteiger partial charge is 0.240 e. The fourth-order valence-electron chi connectivity index (χ4n) is 1.66. The van der Waals surface area contributed by atoms with Gasteiger partial charge >= 0.3 is 0 Å². The van der Waals surface area contributed by atoms with Crippen molar-refractivity contribution in [3.05, 3.63) is 47.2 Å². The molecule has 1 N–H and O–H groups in total. The van der Waals surface area contributed by atoms with Crippen molar-refractivity contribution in [1.29, 1.82) is 0 Å². The zero-order valence-corrected chi connectivity index (χ0v) is 11.9. The van der Waals surface area contributed by atoms with Crippen LogP contribution in [0, 0.1) is 0 Å². The van der Waals surface area contributed by atoms with Gasteiger partial charge in [-0.2, -0.15) is 5.10 Å². The number of hydrogen-bond donors (Lipinski definition) is 1. The van der Waals surface area contributed by atoms with Gasteiger partial charge in [0.15, 0.2) is 0 Å². The maximum Gasteiger partial charge on any atom is 0.240 e. The summed E-state index contributed by atoms with van der Waals surface area (Å²) in [7, 11) is -3.53. The zero-order valence-electron chi connectivity index (χ0n) is 10.4. The molecule has 1 aromatic heterocycles. The van der Waals surface area contributed by atoms with Crippen molar-refractivity contribution in [2.75, 3.05) is 0 Å². The highest BCUT2D eigenvalue weighted by Gasteiger charge is 2.14. The lowest BCUT2D eigenvalue weighted by Gasteiger charge is -2.08. The van der Waals surface area contributed by atoms with Crippen LogP contribution in [-0.4, -0.2) is 18.2 Å². The summed E-state index contributed by atoms with van der Waals surface area (Å²) in [6.07, 6.45) is 1.65. The number of aromatic nitrogens is 2. The number of aryl methyl sites for hydroxylation is 1. The van der Waals surface area contributed by atoms with E-state index in [2.05, 4.69) is 9.82 Å². The minimum atomic E-state index is -3.53. The molecule has 7 heteroatoms. The highest BCUT2D eigenvalue weighted by molar-refractivity contribution is 7.89. The number of rotatable bonds is 5. The van der Waals surface area contributed by atoms with E-state index >= 15 is 0 Å². The van der Waals surface area contributed by atoms with Crippen molar-refractivity contribution in [1.82, 2.24) is 14.5 Å². The van der Waals surface area contributed by atoms with E-state index in [1.807, 2.05) is 6.92 Å². The summed E-state index contributed by atoms with van der Waals surface area (Å²) in [6, 6.07) is 7.83. The molecule has 0 bridgehead atoms. The fraction of sp³-hybridized carbons (Fsp3) is 0.250. The van der Waals surface area contributed by atoms with E-state index in [1.54, 1.807) is 29.1 Å². The molecule has 2 aromatic rings. The van der Waals surface area contributed by atoms with Crippen molar-refractivity contribution < 1.29 is 8.42 Å². The molecule has 0 atom stereocenters. The molecule has 0 fully saturated rings. The molecule has 0 saturated heterocycles. The molecule has 0 saturated carbocycles. The first-order chi connectivity index (χ1) is 9.03. The highest BCUT2D eigenvalue weighted by atomic mass is 35.5. The molecule has 0 aliphatic heterocycles. The SMILES string of the molecule is CCn1nccc1CNS(=O)(=O)c1ccc(Cl)cc1. The van der Waals surface area contributed by atoms with Crippen LogP contribution in [0.15, 0.2) is 41.4 Å². The summed E-state index contributed by atoms with van der Waals surface area (Å²) in [4.78, 5) is 0.194. The maximum absolute atomic E-state index is 12.1. The molecule has 102 valence electrons. The molecule has 0 aliphatic rings. The average Bonchev–Trinajstić information content (AvgIpc) is 2.84. The minimum Gasteiger partial charge on any atom is -0.269 e. The molecule has 2 rings (SSSR count). The Morgan fingerprint density at radius 2 is 1.95 bits per heavy atom. The summed E-state index contributed by atoms with van der Waals surface area (Å²) in [5.41, 5.74) is 0.819. The van der Waals surface area contributed by atoms with Crippen LogP contribution in [0.5, 0.6) is 0 Å². The molecule has 19 heavy (non-hydrogen) atoms. The summed E-state index contributed by atoms with van der Waals surface area (Å²) in [6.45, 7) is 2.86. The van der Waals surface area contributed by atoms with Gasteiger partial charge in [0.1, 0.15) is 0 Å². The third-order valence-electron chi connectivity index (χ3n) is 2.67. The van der Waals surface area contributed by atoms with Gasteiger partial charge in [-0.1, -0.05) is 11.6 Å². The summed E-state index contributed by atoms with van der Waals surface area (Å²) in [5, 5.41) is 4.59. The number of sulfonamides is 1. The molecule has 1 aromatic carbocycles. The summed E-state index contributed by atoms with van der Waals surface area (Å²) >= 11 is 5.73. The normalized spacial score (nSPS) is 11.7. The van der Waals surface area contributed by atoms with Gasteiger partial charge in [-0.15, -0.1) is 0 Å². The standard InChI is InChI=1S/C12H14ClN3O2S/c1-2-16-11(7-8-14-16)9-15-19(17,18)12-5-3-10(13)4-6-12/h3-8,15H,2,9H2,1H3. The predicted octanol–water partition coefficient (Wildman–Crippen LogP) is 2.03. The van der Waals surface area contributed by atoms with E-state index in [1.165, 1.54) is 12.1 Å². The number of benzene rings is 1. The quantitative estimate of drug-likeness (QED) is 0.919. The van der Waals surface area contributed by atoms with E-state index in [0.29, 0.717) is 11.6 Å². The van der Waals surface area contributed by atoms with Crippen LogP contribution in [0.3, 0.4) is 0 Å². The molecule has 0 radical (unpaired) electrons. The van der Waals surface area contributed by atoms with E-state index in [9.17, 15) is 8.42 Å². The first-order valence-corrected chi connectivity index (χ1v) is 7.65. The lowest BCUT2D eigenvalue weighted by molar-refractivity contribution is 0.570. The van der Waals surface area contributed by atoms with Crippen molar-refractivity contribution >= 4 is 21.6 Å². The number of nitrogens with one attached hydrogen (secondary N) is 1. The van der Waals surface area contributed by atoms with Crippen LogP contribution in [0.25, 0.3) is 0 Å². The van der Waals surface area contributed by atoms with Gasteiger partial charge in [-0.25, -0.2) is 13.1 Å². The largest absolute Gasteiger partial charge is 0.269 e. The van der Waals surface area contributed by atoms with Crippen molar-refractivity contribution in [2.45, 2.75) is 24.9 Å². The van der Waals surface area contributed by atoms with Gasteiger partial charge in [0.2, 0.25) is 10.0 Å². The molecule has 0 spiro atoms. The third-order valence-corrected chi connectivity index (χ3v) is 4.34. The van der Waals surface area contributed by atoms with Gasteiger partial charge in [-0.05, 0) is 37.3 Å². The first kappa shape index (κ1) is 14.0. The van der Waals surface area contributed by atoms with E-state index in [0.717, 1.165) is 5.69 Å². The van der Waals surface area contributed by atoms with Crippen LogP contribution in [-0.2, 0) is 23.1 Å². The molecule has 0 amide bonds. The second kappa shape index (κ2) is 5.73. The highest BCUT2D eigenvalue weighted by Crippen LogP contribution is 2.14. The van der Waals surface area contributed by atoms with Crippen molar-refractivity contribution in [2.24, 2.45) is 0 Å². The molecule has 5 nitrogen and oxygen atoms in total. The Morgan fingerprint density at radius 1 is 1.26 bits per heavy atom. The Morgan fingerprint density at radius 3 is 2.58 bits per heavy atom. The molecular formula is C12H14ClN3O2S. The van der Waals surface area contributed by atoms with Crippen LogP contribution in [0.2, 0.25) is 5.02 Å². The Labute approximate surface area is 117 Å². The van der Waals surface area contributed by atoms with Gasteiger partial charge in [0.25, 0.3) is 0 Å². The monoisotopic (exact) mass is 299 g/mol. The molecular weight excluding hydrogens is 286 g/mol. The van der Waals surface area contributed by atoms with Crippen molar-refractivity contribution in [3.8, 4) is 0 Å². The van der Waals surface area contributed by atoms with Gasteiger partial charge in [0, 0.05) is 17.8 Å². The van der Waals surface area contributed by atoms with Crippen LogP contribution < -0.4 is 4.72 Å². The van der Waals surface area contributed by atoms with E-state index in [4.69, 9.17) is 11.6 Å². The minimum absolute atomic E-state index is 0.194. The van der Waals surface area contributed by atoms with Gasteiger partial charge in [-0.3, -0.25) is 4.68 Å². The first-order valence-electron chi connectivity index (χ1n) is 5.79. The van der Waals surface area contributed by atoms with Crippen LogP contribution in [0.1, 0.15) is 12.6 Å². The third kappa shape index (κ3) is 3.34. The molecule has 0 unspecified atom stereocenters. The summed E-state index contributed by atoms with van der Waals surface area (Å²) in [5.74, 6) is 0. The van der Waals surface area contributed by atoms with Crippen LogP contribution in [0.4, 0.5) is 0 Å². The number of halogens is 1. The lowest BCUT2D eigenvalue weighted by atomic mass is 10.4. The van der Waals surface area contributed by atoms with Crippen LogP contribution >= 0.6 is 11.6 Å². The number of nitrogens with zero attached hydrogens (tertiary/aromatic N) is 2. The maximum atomic E-state index is 12.1. The predicted molar refractivity (Wildman–Crippen MR) is 73.4 cm³/mol.